The Bertz CT molecular complexity index is 1210. The van der Waals surface area contributed by atoms with Crippen molar-refractivity contribution in [3.8, 4) is 17.2 Å². The van der Waals surface area contributed by atoms with Crippen LogP contribution in [0.3, 0.4) is 0 Å². The summed E-state index contributed by atoms with van der Waals surface area (Å²) in [7, 11) is -2.89. The summed E-state index contributed by atoms with van der Waals surface area (Å²) in [6, 6.07) is 8.06. The van der Waals surface area contributed by atoms with Crippen molar-refractivity contribution >= 4 is 21.8 Å². The zero-order valence-electron chi connectivity index (χ0n) is 19.0. The second kappa shape index (κ2) is 8.53. The lowest BCUT2D eigenvalue weighted by molar-refractivity contribution is -0.127. The molecule has 1 unspecified atom stereocenters. The average Bonchev–Trinajstić information content (AvgIpc) is 3.48. The van der Waals surface area contributed by atoms with Gasteiger partial charge in [0.25, 0.3) is 0 Å². The molecule has 0 spiro atoms. The van der Waals surface area contributed by atoms with E-state index in [1.54, 1.807) is 6.08 Å². The molecule has 5 rings (SSSR count). The summed E-state index contributed by atoms with van der Waals surface area (Å²) in [5, 5.41) is 0. The molecule has 33 heavy (non-hydrogen) atoms. The molecule has 2 saturated heterocycles. The van der Waals surface area contributed by atoms with E-state index in [0.717, 1.165) is 47.2 Å². The fourth-order valence-electron chi connectivity index (χ4n) is 5.02. The van der Waals surface area contributed by atoms with Crippen LogP contribution in [-0.2, 0) is 14.6 Å². The molecule has 0 radical (unpaired) electrons. The van der Waals surface area contributed by atoms with Gasteiger partial charge in [-0.15, -0.1) is 0 Å². The van der Waals surface area contributed by atoms with Crippen molar-refractivity contribution in [1.82, 2.24) is 14.4 Å². The Balaban J connectivity index is 1.24. The summed E-state index contributed by atoms with van der Waals surface area (Å²) in [4.78, 5) is 16.9. The van der Waals surface area contributed by atoms with Gasteiger partial charge in [0.15, 0.2) is 21.3 Å². The van der Waals surface area contributed by atoms with E-state index in [4.69, 9.17) is 9.47 Å². The predicted molar refractivity (Wildman–Crippen MR) is 126 cm³/mol. The smallest absolute Gasteiger partial charge is 0.246 e. The van der Waals surface area contributed by atoms with E-state index in [0.29, 0.717) is 19.5 Å². The molecule has 2 aromatic rings. The number of aromatic nitrogens is 1. The number of piperazine rings is 1. The molecule has 0 saturated carbocycles. The van der Waals surface area contributed by atoms with Gasteiger partial charge < -0.3 is 18.9 Å². The number of rotatable bonds is 4. The lowest BCUT2D eigenvalue weighted by atomic mass is 10.2. The van der Waals surface area contributed by atoms with Crippen LogP contribution in [0.1, 0.15) is 23.4 Å². The molecule has 1 aromatic heterocycles. The highest BCUT2D eigenvalue weighted by Crippen LogP contribution is 2.35. The van der Waals surface area contributed by atoms with Crippen LogP contribution in [0, 0.1) is 13.8 Å². The number of ether oxygens (including phenoxy) is 2. The first-order chi connectivity index (χ1) is 15.8. The van der Waals surface area contributed by atoms with Crippen LogP contribution in [0.5, 0.6) is 11.5 Å². The Morgan fingerprint density at radius 2 is 1.82 bits per heavy atom. The largest absolute Gasteiger partial charge is 0.454 e. The zero-order chi connectivity index (χ0) is 23.2. The lowest BCUT2D eigenvalue weighted by Gasteiger charge is -2.37. The number of carbonyl (C=O) groups is 1. The molecule has 1 amide bonds. The number of sulfone groups is 1. The maximum absolute atomic E-state index is 12.8. The molecule has 4 heterocycles. The average molecular weight is 472 g/mol. The number of nitrogens with zero attached hydrogens (tertiary/aromatic N) is 3. The number of carbonyl (C=O) groups excluding carboxylic acids is 1. The molecule has 1 aromatic carbocycles. The third kappa shape index (κ3) is 4.39. The molecular formula is C24H29N3O5S. The molecule has 2 fully saturated rings. The van der Waals surface area contributed by atoms with Crippen molar-refractivity contribution in [3.63, 3.8) is 0 Å². The molecule has 0 bridgehead atoms. The summed E-state index contributed by atoms with van der Waals surface area (Å²) in [5.41, 5.74) is 4.10. The molecule has 0 aliphatic carbocycles. The second-order valence-corrected chi connectivity index (χ2v) is 11.2. The van der Waals surface area contributed by atoms with Crippen LogP contribution < -0.4 is 9.47 Å². The number of benzene rings is 1. The minimum Gasteiger partial charge on any atom is -0.454 e. The quantitative estimate of drug-likeness (QED) is 0.636. The molecular weight excluding hydrogens is 442 g/mol. The summed E-state index contributed by atoms with van der Waals surface area (Å²) in [6.45, 7) is 7.00. The van der Waals surface area contributed by atoms with Crippen molar-refractivity contribution in [1.29, 1.82) is 0 Å². The second-order valence-electron chi connectivity index (χ2n) is 8.95. The van der Waals surface area contributed by atoms with Gasteiger partial charge in [-0.25, -0.2) is 8.42 Å². The fourth-order valence-corrected chi connectivity index (χ4v) is 6.78. The van der Waals surface area contributed by atoms with Gasteiger partial charge in [-0.05, 0) is 50.1 Å². The van der Waals surface area contributed by atoms with E-state index in [9.17, 15) is 13.2 Å². The van der Waals surface area contributed by atoms with E-state index in [-0.39, 0.29) is 30.2 Å². The standard InChI is InChI=1S/C24H29N3O5S/c1-17-13-19(18(2)27(17)20-4-5-22-23(14-20)32-16-31-22)3-6-24(28)26-10-8-25(9-11-26)21-7-12-33(29,30)15-21/h3-6,13-14,21H,7-12,15-16H2,1-2H3/b6-3+. The Morgan fingerprint density at radius 1 is 1.06 bits per heavy atom. The van der Waals surface area contributed by atoms with Crippen LogP contribution in [0.4, 0.5) is 0 Å². The Kier molecular flexibility index (Phi) is 5.70. The number of aryl methyl sites for hydroxylation is 1. The van der Waals surface area contributed by atoms with Gasteiger partial charge in [-0.3, -0.25) is 9.69 Å². The van der Waals surface area contributed by atoms with Crippen LogP contribution in [0.2, 0.25) is 0 Å². The lowest BCUT2D eigenvalue weighted by Crippen LogP contribution is -2.52. The van der Waals surface area contributed by atoms with Gasteiger partial charge >= 0.3 is 0 Å². The fraction of sp³-hybridized carbons (Fsp3) is 0.458. The first-order valence-corrected chi connectivity index (χ1v) is 13.1. The number of amides is 1. The molecule has 9 heteroatoms. The topological polar surface area (TPSA) is 81.1 Å². The number of hydrogen-bond acceptors (Lipinski definition) is 6. The van der Waals surface area contributed by atoms with Gasteiger partial charge in [-0.1, -0.05) is 0 Å². The maximum Gasteiger partial charge on any atom is 0.246 e. The zero-order valence-corrected chi connectivity index (χ0v) is 19.8. The van der Waals surface area contributed by atoms with E-state index in [1.165, 1.54) is 0 Å². The number of hydrogen-bond donors (Lipinski definition) is 0. The first kappa shape index (κ1) is 22.0. The van der Waals surface area contributed by atoms with Crippen molar-refractivity contribution < 1.29 is 22.7 Å². The third-order valence-corrected chi connectivity index (χ3v) is 8.59. The SMILES string of the molecule is Cc1cc(/C=C/C(=O)N2CCN(C3CCS(=O)(=O)C3)CC2)c(C)n1-c1ccc2c(c1)OCO2. The highest BCUT2D eigenvalue weighted by atomic mass is 32.2. The maximum atomic E-state index is 12.8. The monoisotopic (exact) mass is 471 g/mol. The summed E-state index contributed by atoms with van der Waals surface area (Å²) in [5.74, 6) is 2.01. The molecule has 0 N–H and O–H groups in total. The Labute approximate surface area is 194 Å². The normalized spacial score (nSPS) is 22.4. The van der Waals surface area contributed by atoms with Crippen molar-refractivity contribution in [2.75, 3.05) is 44.5 Å². The molecule has 3 aliphatic heterocycles. The highest BCUT2D eigenvalue weighted by Gasteiger charge is 2.34. The van der Waals surface area contributed by atoms with Gasteiger partial charge in [-0.2, -0.15) is 0 Å². The third-order valence-electron chi connectivity index (χ3n) is 6.84. The van der Waals surface area contributed by atoms with Crippen LogP contribution >= 0.6 is 0 Å². The van der Waals surface area contributed by atoms with E-state index >= 15 is 0 Å². The minimum absolute atomic E-state index is 0.0124. The Hall–Kier alpha value is -2.78. The highest BCUT2D eigenvalue weighted by molar-refractivity contribution is 7.91. The summed E-state index contributed by atoms with van der Waals surface area (Å²) in [6.07, 6.45) is 4.22. The predicted octanol–water partition coefficient (Wildman–Crippen LogP) is 2.17. The van der Waals surface area contributed by atoms with E-state index < -0.39 is 9.84 Å². The first-order valence-electron chi connectivity index (χ1n) is 11.3. The van der Waals surface area contributed by atoms with Gasteiger partial charge in [0, 0.05) is 61.4 Å². The molecule has 3 aliphatic rings. The van der Waals surface area contributed by atoms with Crippen LogP contribution in [-0.4, -0.2) is 79.2 Å². The van der Waals surface area contributed by atoms with Crippen molar-refractivity contribution in [3.05, 3.63) is 47.3 Å². The van der Waals surface area contributed by atoms with Gasteiger partial charge in [0.05, 0.1) is 11.5 Å². The summed E-state index contributed by atoms with van der Waals surface area (Å²) >= 11 is 0. The van der Waals surface area contributed by atoms with Gasteiger partial charge in [0.1, 0.15) is 0 Å². The van der Waals surface area contributed by atoms with Crippen LogP contribution in [0.25, 0.3) is 11.8 Å². The minimum atomic E-state index is -2.89. The summed E-state index contributed by atoms with van der Waals surface area (Å²) < 4.78 is 36.6. The molecule has 176 valence electrons. The van der Waals surface area contributed by atoms with Crippen molar-refractivity contribution in [2.24, 2.45) is 0 Å². The van der Waals surface area contributed by atoms with Crippen LogP contribution in [0.15, 0.2) is 30.3 Å². The van der Waals surface area contributed by atoms with Crippen molar-refractivity contribution in [2.45, 2.75) is 26.3 Å². The molecule has 1 atom stereocenters. The van der Waals surface area contributed by atoms with E-state index in [2.05, 4.69) is 15.5 Å². The molecule has 8 nitrogen and oxygen atoms in total. The Morgan fingerprint density at radius 3 is 2.55 bits per heavy atom. The van der Waals surface area contributed by atoms with E-state index in [1.807, 2.05) is 43.0 Å². The number of fused-ring (bicyclic) bond motifs is 1. The van der Waals surface area contributed by atoms with Gasteiger partial charge in [0.2, 0.25) is 12.7 Å².